The molecule has 1 aromatic carbocycles. The second-order valence-electron chi connectivity index (χ2n) is 6.86. The third-order valence-corrected chi connectivity index (χ3v) is 4.53. The number of benzene rings is 1. The van der Waals surface area contributed by atoms with Crippen LogP contribution in [0.5, 0.6) is 0 Å². The molecule has 0 aliphatic carbocycles. The maximum absolute atomic E-state index is 13.3. The Morgan fingerprint density at radius 2 is 1.79 bits per heavy atom. The van der Waals surface area contributed by atoms with Crippen molar-refractivity contribution in [2.45, 2.75) is 12.6 Å². The molecule has 3 N–H and O–H groups in total. The number of nitrogens with zero attached hydrogens (tertiary/aromatic N) is 1. The Morgan fingerprint density at radius 1 is 1.06 bits per heavy atom. The number of nitrogens with one attached hydrogen (secondary N) is 2. The van der Waals surface area contributed by atoms with E-state index in [0.717, 1.165) is 35.5 Å². The smallest absolute Gasteiger partial charge is 0.475 e. The maximum atomic E-state index is 13.3. The monoisotopic (exact) mass is 465 g/mol. The molecule has 0 radical (unpaired) electrons. The topological polar surface area (TPSA) is 95.1 Å². The van der Waals surface area contributed by atoms with Crippen LogP contribution < -0.4 is 5.32 Å². The van der Waals surface area contributed by atoms with Gasteiger partial charge in [0, 0.05) is 36.1 Å². The highest BCUT2D eigenvalue weighted by Crippen LogP contribution is 2.24. The highest BCUT2D eigenvalue weighted by molar-refractivity contribution is 5.97. The van der Waals surface area contributed by atoms with E-state index in [4.69, 9.17) is 9.90 Å². The van der Waals surface area contributed by atoms with E-state index >= 15 is 0 Å². The fourth-order valence-corrected chi connectivity index (χ4v) is 2.95. The summed E-state index contributed by atoms with van der Waals surface area (Å²) in [4.78, 5) is 28.4. The molecule has 2 aromatic heterocycles. The number of aromatic nitrogens is 2. The van der Waals surface area contributed by atoms with Crippen molar-refractivity contribution < 1.29 is 36.6 Å². The second-order valence-corrected chi connectivity index (χ2v) is 6.86. The number of pyridine rings is 1. The Labute approximate surface area is 183 Å². The molecule has 1 aliphatic heterocycles. The average molecular weight is 465 g/mol. The second kappa shape index (κ2) is 9.63. The molecule has 3 heterocycles. The summed E-state index contributed by atoms with van der Waals surface area (Å²) in [7, 11) is 0. The highest BCUT2D eigenvalue weighted by atomic mass is 19.4. The van der Waals surface area contributed by atoms with Gasteiger partial charge in [-0.3, -0.25) is 9.78 Å². The van der Waals surface area contributed by atoms with Gasteiger partial charge in [-0.25, -0.2) is 13.6 Å². The predicted molar refractivity (Wildman–Crippen MR) is 109 cm³/mol. The number of fused-ring (bicyclic) bond motifs is 1. The van der Waals surface area contributed by atoms with Crippen molar-refractivity contribution >= 4 is 24.0 Å². The van der Waals surface area contributed by atoms with E-state index in [0.29, 0.717) is 23.4 Å². The molecule has 4 rings (SSSR count). The highest BCUT2D eigenvalue weighted by Gasteiger charge is 2.38. The molecule has 1 amide bonds. The molecule has 0 saturated carbocycles. The van der Waals surface area contributed by atoms with Crippen molar-refractivity contribution in [3.63, 3.8) is 0 Å². The van der Waals surface area contributed by atoms with Crippen LogP contribution in [0.25, 0.3) is 23.4 Å². The standard InChI is InChI=1S/C20H15F2N3O.C2HF3O2/c21-16-4-2-12(9-17(16)22)1-3-14-10-13(5-7-23-14)19-11-15-18(25-19)6-8-24-20(15)26;3-2(4,5)1(6)7/h1-5,7,9-11,25H,6,8H2,(H,24,26);(H,6,7)/b3-1-;. The number of hydrogen-bond acceptors (Lipinski definition) is 3. The zero-order chi connectivity index (χ0) is 24.2. The third kappa shape index (κ3) is 6.03. The van der Waals surface area contributed by atoms with E-state index in [1.807, 2.05) is 18.2 Å². The van der Waals surface area contributed by atoms with Crippen LogP contribution in [0.1, 0.15) is 27.3 Å². The van der Waals surface area contributed by atoms with Gasteiger partial charge in [0.25, 0.3) is 5.91 Å². The molecule has 6 nitrogen and oxygen atoms in total. The van der Waals surface area contributed by atoms with Gasteiger partial charge in [0.15, 0.2) is 11.6 Å². The minimum Gasteiger partial charge on any atom is -0.475 e. The molecule has 172 valence electrons. The first-order chi connectivity index (χ1) is 15.5. The van der Waals surface area contributed by atoms with Crippen LogP contribution in [-0.2, 0) is 11.2 Å². The Morgan fingerprint density at radius 3 is 2.42 bits per heavy atom. The number of carboxylic acid groups (broad SMARTS) is 1. The quantitative estimate of drug-likeness (QED) is 0.499. The summed E-state index contributed by atoms with van der Waals surface area (Å²) in [6.45, 7) is 0.629. The normalized spacial score (nSPS) is 13.2. The van der Waals surface area contributed by atoms with Gasteiger partial charge >= 0.3 is 12.1 Å². The average Bonchev–Trinajstić information content (AvgIpc) is 3.20. The summed E-state index contributed by atoms with van der Waals surface area (Å²) in [6.07, 6.45) is 0.753. The number of amides is 1. The van der Waals surface area contributed by atoms with Gasteiger partial charge in [-0.05, 0) is 42.0 Å². The molecule has 33 heavy (non-hydrogen) atoms. The van der Waals surface area contributed by atoms with Gasteiger partial charge in [0.05, 0.1) is 11.3 Å². The van der Waals surface area contributed by atoms with E-state index in [-0.39, 0.29) is 5.91 Å². The minimum atomic E-state index is -5.08. The van der Waals surface area contributed by atoms with Crippen molar-refractivity contribution in [3.05, 3.63) is 76.7 Å². The largest absolute Gasteiger partial charge is 0.490 e. The first-order valence-corrected chi connectivity index (χ1v) is 9.44. The van der Waals surface area contributed by atoms with Crippen LogP contribution in [0, 0.1) is 11.6 Å². The van der Waals surface area contributed by atoms with E-state index < -0.39 is 23.8 Å². The first kappa shape index (κ1) is 23.6. The van der Waals surface area contributed by atoms with Crippen LogP contribution in [0.15, 0.2) is 42.6 Å². The number of halogens is 5. The number of carbonyl (C=O) groups is 2. The Hall–Kier alpha value is -4.02. The van der Waals surface area contributed by atoms with Crippen LogP contribution in [0.4, 0.5) is 22.0 Å². The van der Waals surface area contributed by atoms with Gasteiger partial charge in [-0.15, -0.1) is 0 Å². The number of carboxylic acids is 1. The molecule has 3 aromatic rings. The molecule has 0 saturated heterocycles. The SMILES string of the molecule is O=C(O)C(F)(F)F.O=C1NCCc2[nH]c(-c3ccnc(/C=C\c4ccc(F)c(F)c4)c3)cc21. The first-order valence-electron chi connectivity index (χ1n) is 9.44. The fraction of sp³-hybridized carbons (Fsp3) is 0.136. The summed E-state index contributed by atoms with van der Waals surface area (Å²) in [5, 5.41) is 9.95. The predicted octanol–water partition coefficient (Wildman–Crippen LogP) is 4.44. The Bertz CT molecular complexity index is 1220. The number of aromatic amines is 1. The molecule has 0 unspecified atom stereocenters. The molecule has 11 heteroatoms. The van der Waals surface area contributed by atoms with E-state index in [9.17, 15) is 26.7 Å². The minimum absolute atomic E-state index is 0.0683. The maximum Gasteiger partial charge on any atom is 0.490 e. The lowest BCUT2D eigenvalue weighted by molar-refractivity contribution is -0.192. The summed E-state index contributed by atoms with van der Waals surface area (Å²) >= 11 is 0. The Kier molecular flexibility index (Phi) is 6.90. The molecular weight excluding hydrogens is 449 g/mol. The summed E-state index contributed by atoms with van der Waals surface area (Å²) in [6, 6.07) is 9.27. The Balaban J connectivity index is 0.000000383. The third-order valence-electron chi connectivity index (χ3n) is 4.53. The van der Waals surface area contributed by atoms with Gasteiger partial charge in [-0.1, -0.05) is 12.1 Å². The number of aliphatic carboxylic acids is 1. The summed E-state index contributed by atoms with van der Waals surface area (Å²) in [5.74, 6) is -4.58. The number of carbonyl (C=O) groups excluding carboxylic acids is 1. The van der Waals surface area contributed by atoms with Crippen LogP contribution in [0.2, 0.25) is 0 Å². The zero-order valence-electron chi connectivity index (χ0n) is 16.7. The van der Waals surface area contributed by atoms with E-state index in [1.165, 1.54) is 6.07 Å². The zero-order valence-corrected chi connectivity index (χ0v) is 16.7. The van der Waals surface area contributed by atoms with Gasteiger partial charge in [0.2, 0.25) is 0 Å². The van der Waals surface area contributed by atoms with E-state index in [2.05, 4.69) is 15.3 Å². The van der Waals surface area contributed by atoms with Crippen molar-refractivity contribution in [2.75, 3.05) is 6.54 Å². The molecule has 0 fully saturated rings. The molecule has 0 bridgehead atoms. The van der Waals surface area contributed by atoms with Crippen molar-refractivity contribution in [1.29, 1.82) is 0 Å². The van der Waals surface area contributed by atoms with Crippen molar-refractivity contribution in [3.8, 4) is 11.3 Å². The summed E-state index contributed by atoms with van der Waals surface area (Å²) < 4.78 is 58.0. The van der Waals surface area contributed by atoms with Crippen molar-refractivity contribution in [2.24, 2.45) is 0 Å². The lowest BCUT2D eigenvalue weighted by Gasteiger charge is -2.10. The van der Waals surface area contributed by atoms with Crippen LogP contribution in [0.3, 0.4) is 0 Å². The molecule has 0 spiro atoms. The van der Waals surface area contributed by atoms with Gasteiger partial charge < -0.3 is 15.4 Å². The lowest BCUT2D eigenvalue weighted by Crippen LogP contribution is -2.31. The molecular formula is C22H16F5N3O3. The van der Waals surface area contributed by atoms with Gasteiger partial charge in [0.1, 0.15) is 0 Å². The number of H-pyrrole nitrogens is 1. The van der Waals surface area contributed by atoms with Crippen LogP contribution >= 0.6 is 0 Å². The fourth-order valence-electron chi connectivity index (χ4n) is 2.95. The van der Waals surface area contributed by atoms with Crippen LogP contribution in [-0.4, -0.2) is 39.7 Å². The number of alkyl halides is 3. The number of rotatable bonds is 3. The number of hydrogen-bond donors (Lipinski definition) is 3. The summed E-state index contributed by atoms with van der Waals surface area (Å²) in [5.41, 5.74) is 4.55. The molecule has 0 atom stereocenters. The molecule has 1 aliphatic rings. The van der Waals surface area contributed by atoms with Gasteiger partial charge in [-0.2, -0.15) is 13.2 Å². The lowest BCUT2D eigenvalue weighted by atomic mass is 10.1. The van der Waals surface area contributed by atoms with Crippen molar-refractivity contribution in [1.82, 2.24) is 15.3 Å². The van der Waals surface area contributed by atoms with E-state index in [1.54, 1.807) is 18.3 Å².